The highest BCUT2D eigenvalue weighted by atomic mass is 16.5. The third-order valence-corrected chi connectivity index (χ3v) is 5.65. The molecule has 4 heteroatoms. The standard InChI is InChI=1S/C15H24N2O2/c18-15(14-5-2-6-19-14)17-9-13(10-17)16-7-11-3-1-4-12(11)8-16/h11-14H,1-10H2. The fourth-order valence-electron chi connectivity index (χ4n) is 4.41. The number of carbonyl (C=O) groups is 1. The zero-order chi connectivity index (χ0) is 12.8. The molecule has 0 aromatic rings. The predicted molar refractivity (Wildman–Crippen MR) is 71.7 cm³/mol. The normalized spacial score (nSPS) is 39.6. The number of hydrogen-bond acceptors (Lipinski definition) is 3. The molecule has 4 aliphatic rings. The van der Waals surface area contributed by atoms with Crippen LogP contribution in [0.15, 0.2) is 0 Å². The first-order valence-electron chi connectivity index (χ1n) is 7.95. The van der Waals surface area contributed by atoms with Gasteiger partial charge in [0.2, 0.25) is 0 Å². The Labute approximate surface area is 115 Å². The van der Waals surface area contributed by atoms with Crippen LogP contribution in [0.5, 0.6) is 0 Å². The largest absolute Gasteiger partial charge is 0.368 e. The molecule has 4 fully saturated rings. The molecule has 19 heavy (non-hydrogen) atoms. The molecule has 4 nitrogen and oxygen atoms in total. The molecular weight excluding hydrogens is 240 g/mol. The molecule has 1 saturated carbocycles. The Bertz CT molecular complexity index is 349. The Morgan fingerprint density at radius 1 is 0.947 bits per heavy atom. The Kier molecular flexibility index (Phi) is 3.03. The SMILES string of the molecule is O=C(C1CCCO1)N1CC(N2CC3CCCC3C2)C1. The Morgan fingerprint density at radius 2 is 1.68 bits per heavy atom. The van der Waals surface area contributed by atoms with Crippen molar-refractivity contribution in [2.75, 3.05) is 32.8 Å². The summed E-state index contributed by atoms with van der Waals surface area (Å²) in [5, 5.41) is 0. The van der Waals surface area contributed by atoms with Gasteiger partial charge in [-0.1, -0.05) is 6.42 Å². The second kappa shape index (κ2) is 4.74. The summed E-state index contributed by atoms with van der Waals surface area (Å²) in [7, 11) is 0. The minimum absolute atomic E-state index is 0.126. The van der Waals surface area contributed by atoms with E-state index in [1.54, 1.807) is 0 Å². The smallest absolute Gasteiger partial charge is 0.251 e. The van der Waals surface area contributed by atoms with Gasteiger partial charge in [-0.05, 0) is 37.5 Å². The van der Waals surface area contributed by atoms with Crippen molar-refractivity contribution >= 4 is 5.91 Å². The van der Waals surface area contributed by atoms with Crippen molar-refractivity contribution in [3.05, 3.63) is 0 Å². The van der Waals surface area contributed by atoms with E-state index < -0.39 is 0 Å². The molecule has 3 saturated heterocycles. The average molecular weight is 264 g/mol. The van der Waals surface area contributed by atoms with Crippen LogP contribution in [0.4, 0.5) is 0 Å². The summed E-state index contributed by atoms with van der Waals surface area (Å²) in [6.45, 7) is 5.23. The van der Waals surface area contributed by atoms with Crippen LogP contribution in [-0.2, 0) is 9.53 Å². The van der Waals surface area contributed by atoms with Gasteiger partial charge in [0.1, 0.15) is 6.10 Å². The molecule has 3 atom stereocenters. The Hall–Kier alpha value is -0.610. The van der Waals surface area contributed by atoms with Crippen molar-refractivity contribution in [3.63, 3.8) is 0 Å². The monoisotopic (exact) mass is 264 g/mol. The molecule has 0 bridgehead atoms. The van der Waals surface area contributed by atoms with Gasteiger partial charge in [-0.2, -0.15) is 0 Å². The zero-order valence-electron chi connectivity index (χ0n) is 11.6. The number of ether oxygens (including phenoxy) is 1. The van der Waals surface area contributed by atoms with Crippen molar-refractivity contribution in [1.29, 1.82) is 0 Å². The maximum Gasteiger partial charge on any atom is 0.251 e. The maximum atomic E-state index is 12.2. The number of fused-ring (bicyclic) bond motifs is 1. The van der Waals surface area contributed by atoms with E-state index in [9.17, 15) is 4.79 Å². The first kappa shape index (κ1) is 12.2. The molecule has 4 rings (SSSR count). The number of hydrogen-bond donors (Lipinski definition) is 0. The summed E-state index contributed by atoms with van der Waals surface area (Å²) in [5.41, 5.74) is 0. The van der Waals surface area contributed by atoms with Gasteiger partial charge < -0.3 is 9.64 Å². The highest BCUT2D eigenvalue weighted by Crippen LogP contribution is 2.39. The Morgan fingerprint density at radius 3 is 2.32 bits per heavy atom. The zero-order valence-corrected chi connectivity index (χ0v) is 11.6. The van der Waals surface area contributed by atoms with E-state index in [-0.39, 0.29) is 12.0 Å². The number of rotatable bonds is 2. The lowest BCUT2D eigenvalue weighted by atomic mass is 10.0. The van der Waals surface area contributed by atoms with E-state index in [1.807, 2.05) is 4.90 Å². The lowest BCUT2D eigenvalue weighted by Crippen LogP contribution is -2.62. The van der Waals surface area contributed by atoms with E-state index in [1.165, 1.54) is 32.4 Å². The molecule has 0 aromatic carbocycles. The van der Waals surface area contributed by atoms with Gasteiger partial charge in [0.15, 0.2) is 0 Å². The fourth-order valence-corrected chi connectivity index (χ4v) is 4.41. The van der Waals surface area contributed by atoms with Crippen LogP contribution in [0.25, 0.3) is 0 Å². The summed E-state index contributed by atoms with van der Waals surface area (Å²) in [6.07, 6.45) is 6.16. The second-order valence-corrected chi connectivity index (χ2v) is 6.80. The number of carbonyl (C=O) groups excluding carboxylic acids is 1. The molecule has 1 aliphatic carbocycles. The van der Waals surface area contributed by atoms with Gasteiger partial charge in [0.25, 0.3) is 5.91 Å². The first-order chi connectivity index (χ1) is 9.31. The summed E-state index contributed by atoms with van der Waals surface area (Å²) in [6, 6.07) is 0.635. The molecular formula is C15H24N2O2. The highest BCUT2D eigenvalue weighted by molar-refractivity contribution is 5.82. The van der Waals surface area contributed by atoms with E-state index in [0.29, 0.717) is 6.04 Å². The molecule has 3 aliphatic heterocycles. The molecule has 0 aromatic heterocycles. The van der Waals surface area contributed by atoms with Crippen LogP contribution >= 0.6 is 0 Å². The highest BCUT2D eigenvalue weighted by Gasteiger charge is 2.44. The number of amides is 1. The molecule has 0 spiro atoms. The van der Waals surface area contributed by atoms with Crippen LogP contribution in [0.3, 0.4) is 0 Å². The molecule has 0 N–H and O–H groups in total. The second-order valence-electron chi connectivity index (χ2n) is 6.80. The fraction of sp³-hybridized carbons (Fsp3) is 0.933. The van der Waals surface area contributed by atoms with Crippen molar-refractivity contribution in [1.82, 2.24) is 9.80 Å². The molecule has 1 amide bonds. The molecule has 106 valence electrons. The van der Waals surface area contributed by atoms with Crippen molar-refractivity contribution in [2.24, 2.45) is 11.8 Å². The third kappa shape index (κ3) is 2.09. The van der Waals surface area contributed by atoms with Crippen LogP contribution < -0.4 is 0 Å². The Balaban J connectivity index is 1.27. The molecule has 3 heterocycles. The molecule has 0 radical (unpaired) electrons. The first-order valence-corrected chi connectivity index (χ1v) is 7.95. The van der Waals surface area contributed by atoms with Gasteiger partial charge >= 0.3 is 0 Å². The minimum Gasteiger partial charge on any atom is -0.368 e. The van der Waals surface area contributed by atoms with Gasteiger partial charge in [0, 0.05) is 38.8 Å². The van der Waals surface area contributed by atoms with Gasteiger partial charge in [-0.25, -0.2) is 0 Å². The minimum atomic E-state index is -0.126. The third-order valence-electron chi connectivity index (χ3n) is 5.65. The summed E-state index contributed by atoms with van der Waals surface area (Å²) in [5.74, 6) is 2.17. The van der Waals surface area contributed by atoms with E-state index in [2.05, 4.69) is 4.90 Å². The summed E-state index contributed by atoms with van der Waals surface area (Å²) < 4.78 is 5.49. The number of likely N-dealkylation sites (tertiary alicyclic amines) is 2. The van der Waals surface area contributed by atoms with Crippen LogP contribution in [-0.4, -0.2) is 60.6 Å². The van der Waals surface area contributed by atoms with Crippen LogP contribution in [0, 0.1) is 11.8 Å². The number of nitrogens with zero attached hydrogens (tertiary/aromatic N) is 2. The summed E-state index contributed by atoms with van der Waals surface area (Å²) in [4.78, 5) is 16.8. The van der Waals surface area contributed by atoms with Crippen molar-refractivity contribution in [2.45, 2.75) is 44.2 Å². The van der Waals surface area contributed by atoms with Crippen molar-refractivity contribution in [3.8, 4) is 0 Å². The van der Waals surface area contributed by atoms with Gasteiger partial charge in [-0.15, -0.1) is 0 Å². The van der Waals surface area contributed by atoms with Gasteiger partial charge in [-0.3, -0.25) is 9.69 Å². The maximum absolute atomic E-state index is 12.2. The van der Waals surface area contributed by atoms with E-state index >= 15 is 0 Å². The summed E-state index contributed by atoms with van der Waals surface area (Å²) >= 11 is 0. The van der Waals surface area contributed by atoms with E-state index in [4.69, 9.17) is 4.74 Å². The molecule has 3 unspecified atom stereocenters. The quantitative estimate of drug-likeness (QED) is 0.749. The van der Waals surface area contributed by atoms with Gasteiger partial charge in [0.05, 0.1) is 0 Å². The predicted octanol–water partition coefficient (Wildman–Crippen LogP) is 1.11. The topological polar surface area (TPSA) is 32.8 Å². The van der Waals surface area contributed by atoms with Crippen LogP contribution in [0.2, 0.25) is 0 Å². The van der Waals surface area contributed by atoms with Crippen molar-refractivity contribution < 1.29 is 9.53 Å². The lowest BCUT2D eigenvalue weighted by Gasteiger charge is -2.45. The van der Waals surface area contributed by atoms with Crippen LogP contribution in [0.1, 0.15) is 32.1 Å². The average Bonchev–Trinajstić information content (AvgIpc) is 3.02. The lowest BCUT2D eigenvalue weighted by molar-refractivity contribution is -0.148. The van der Waals surface area contributed by atoms with E-state index in [0.717, 1.165) is 44.4 Å².